The SMILES string of the molecule is CC(C)(C)OC(=O)N1C2CC([C@H]1C(=O)O)[C@@H](O)C2. The average molecular weight is 257 g/mol. The minimum Gasteiger partial charge on any atom is -0.480 e. The van der Waals surface area contributed by atoms with Gasteiger partial charge in [0.1, 0.15) is 11.6 Å². The van der Waals surface area contributed by atoms with E-state index >= 15 is 0 Å². The van der Waals surface area contributed by atoms with E-state index < -0.39 is 29.8 Å². The van der Waals surface area contributed by atoms with Crippen LogP contribution in [0.3, 0.4) is 0 Å². The number of carboxylic acid groups (broad SMARTS) is 1. The number of hydrogen-bond donors (Lipinski definition) is 2. The standard InChI is InChI=1S/C12H19NO5/c1-12(2,3)18-11(17)13-6-4-7(8(14)5-6)9(13)10(15)16/h6-9,14H,4-5H2,1-3H3,(H,15,16)/t6?,7?,8-,9-/m0/s1. The number of amides is 1. The molecular weight excluding hydrogens is 238 g/mol. The van der Waals surface area contributed by atoms with Crippen molar-refractivity contribution < 1.29 is 24.5 Å². The van der Waals surface area contributed by atoms with Crippen LogP contribution in [0.4, 0.5) is 4.79 Å². The maximum Gasteiger partial charge on any atom is 0.411 e. The van der Waals surface area contributed by atoms with Crippen LogP contribution in [0.2, 0.25) is 0 Å². The molecule has 6 nitrogen and oxygen atoms in total. The summed E-state index contributed by atoms with van der Waals surface area (Å²) in [5.41, 5.74) is -0.652. The summed E-state index contributed by atoms with van der Waals surface area (Å²) in [7, 11) is 0. The van der Waals surface area contributed by atoms with Gasteiger partial charge in [0.25, 0.3) is 0 Å². The lowest BCUT2D eigenvalue weighted by Gasteiger charge is -2.35. The molecule has 0 aromatic heterocycles. The number of likely N-dealkylation sites (tertiary alicyclic amines) is 1. The Morgan fingerprint density at radius 3 is 2.39 bits per heavy atom. The summed E-state index contributed by atoms with van der Waals surface area (Å²) in [5, 5.41) is 18.9. The van der Waals surface area contributed by atoms with E-state index in [0.29, 0.717) is 12.8 Å². The first-order chi connectivity index (χ1) is 8.20. The number of nitrogens with zero attached hydrogens (tertiary/aromatic N) is 1. The van der Waals surface area contributed by atoms with Crippen molar-refractivity contribution in [3.63, 3.8) is 0 Å². The summed E-state index contributed by atoms with van der Waals surface area (Å²) in [6.45, 7) is 5.22. The monoisotopic (exact) mass is 257 g/mol. The Morgan fingerprint density at radius 1 is 1.28 bits per heavy atom. The highest BCUT2D eigenvalue weighted by Gasteiger charge is 2.56. The number of carbonyl (C=O) groups is 2. The van der Waals surface area contributed by atoms with Crippen LogP contribution in [0, 0.1) is 5.92 Å². The Bertz CT molecular complexity index is 375. The summed E-state index contributed by atoms with van der Waals surface area (Å²) in [6, 6.07) is -1.19. The molecule has 0 aromatic rings. The molecule has 0 aromatic carbocycles. The van der Waals surface area contributed by atoms with Crippen LogP contribution in [0.5, 0.6) is 0 Å². The predicted octanol–water partition coefficient (Wildman–Crippen LogP) is 0.830. The van der Waals surface area contributed by atoms with Gasteiger partial charge in [0, 0.05) is 12.0 Å². The third kappa shape index (κ3) is 2.16. The number of piperidine rings is 1. The Kier molecular flexibility index (Phi) is 3.01. The lowest BCUT2D eigenvalue weighted by molar-refractivity contribution is -0.147. The highest BCUT2D eigenvalue weighted by Crippen LogP contribution is 2.43. The van der Waals surface area contributed by atoms with E-state index in [0.717, 1.165) is 0 Å². The van der Waals surface area contributed by atoms with Crippen LogP contribution in [0.25, 0.3) is 0 Å². The van der Waals surface area contributed by atoms with Gasteiger partial charge in [0.05, 0.1) is 6.10 Å². The molecule has 1 aliphatic heterocycles. The van der Waals surface area contributed by atoms with Gasteiger partial charge in [-0.05, 0) is 33.6 Å². The van der Waals surface area contributed by atoms with Crippen molar-refractivity contribution in [1.82, 2.24) is 4.90 Å². The van der Waals surface area contributed by atoms with Crippen LogP contribution in [0.15, 0.2) is 0 Å². The average Bonchev–Trinajstić information content (AvgIpc) is 2.69. The molecule has 2 N–H and O–H groups in total. The number of rotatable bonds is 1. The van der Waals surface area contributed by atoms with Gasteiger partial charge < -0.3 is 14.9 Å². The van der Waals surface area contributed by atoms with E-state index in [2.05, 4.69) is 0 Å². The quantitative estimate of drug-likeness (QED) is 0.726. The number of aliphatic hydroxyl groups excluding tert-OH is 1. The Labute approximate surface area is 106 Å². The van der Waals surface area contributed by atoms with Gasteiger partial charge in [-0.2, -0.15) is 0 Å². The van der Waals surface area contributed by atoms with Crippen molar-refractivity contribution in [3.05, 3.63) is 0 Å². The summed E-state index contributed by atoms with van der Waals surface area (Å²) >= 11 is 0. The minimum atomic E-state index is -1.08. The van der Waals surface area contributed by atoms with Crippen molar-refractivity contribution in [3.8, 4) is 0 Å². The lowest BCUT2D eigenvalue weighted by atomic mass is 9.96. The molecule has 1 saturated carbocycles. The molecule has 2 bridgehead atoms. The van der Waals surface area contributed by atoms with E-state index in [1.165, 1.54) is 4.90 Å². The molecular formula is C12H19NO5. The molecule has 1 amide bonds. The zero-order valence-electron chi connectivity index (χ0n) is 10.8. The van der Waals surface area contributed by atoms with Crippen molar-refractivity contribution >= 4 is 12.1 Å². The van der Waals surface area contributed by atoms with E-state index in [-0.39, 0.29) is 12.0 Å². The number of carboxylic acids is 1. The second-order valence-electron chi connectivity index (χ2n) is 6.03. The van der Waals surface area contributed by atoms with Crippen molar-refractivity contribution in [1.29, 1.82) is 0 Å². The van der Waals surface area contributed by atoms with Crippen LogP contribution in [-0.4, -0.2) is 51.0 Å². The highest BCUT2D eigenvalue weighted by molar-refractivity contribution is 5.82. The van der Waals surface area contributed by atoms with Gasteiger partial charge in [-0.25, -0.2) is 9.59 Å². The highest BCUT2D eigenvalue weighted by atomic mass is 16.6. The minimum absolute atomic E-state index is 0.221. The fourth-order valence-electron chi connectivity index (χ4n) is 2.90. The second-order valence-corrected chi connectivity index (χ2v) is 6.03. The van der Waals surface area contributed by atoms with Gasteiger partial charge >= 0.3 is 12.1 Å². The Hall–Kier alpha value is -1.30. The number of aliphatic hydroxyl groups is 1. The Morgan fingerprint density at radius 2 is 1.89 bits per heavy atom. The first-order valence-corrected chi connectivity index (χ1v) is 6.13. The number of carbonyl (C=O) groups excluding carboxylic acids is 1. The molecule has 4 atom stereocenters. The molecule has 0 spiro atoms. The largest absolute Gasteiger partial charge is 0.480 e. The van der Waals surface area contributed by atoms with Crippen LogP contribution < -0.4 is 0 Å². The summed E-state index contributed by atoms with van der Waals surface area (Å²) in [4.78, 5) is 24.6. The number of aliphatic carboxylic acids is 1. The summed E-state index contributed by atoms with van der Waals surface area (Å²) in [5.74, 6) is -1.45. The van der Waals surface area contributed by atoms with Gasteiger partial charge in [-0.1, -0.05) is 0 Å². The van der Waals surface area contributed by atoms with Crippen LogP contribution >= 0.6 is 0 Å². The smallest absolute Gasteiger partial charge is 0.411 e. The molecule has 1 heterocycles. The number of fused-ring (bicyclic) bond motifs is 2. The third-order valence-electron chi connectivity index (χ3n) is 3.51. The maximum absolute atomic E-state index is 12.0. The van der Waals surface area contributed by atoms with Gasteiger partial charge in [-0.15, -0.1) is 0 Å². The normalized spacial score (nSPS) is 34.8. The van der Waals surface area contributed by atoms with E-state index in [4.69, 9.17) is 4.74 Å². The molecule has 2 rings (SSSR count). The van der Waals surface area contributed by atoms with E-state index in [9.17, 15) is 19.8 Å². The molecule has 0 radical (unpaired) electrons. The van der Waals surface area contributed by atoms with Crippen molar-refractivity contribution in [2.45, 2.75) is 57.4 Å². The lowest BCUT2D eigenvalue weighted by Crippen LogP contribution is -2.53. The van der Waals surface area contributed by atoms with Gasteiger partial charge in [-0.3, -0.25) is 4.90 Å². The van der Waals surface area contributed by atoms with Crippen molar-refractivity contribution in [2.24, 2.45) is 5.92 Å². The first kappa shape index (κ1) is 13.1. The summed E-state index contributed by atoms with van der Waals surface area (Å²) < 4.78 is 5.23. The van der Waals surface area contributed by atoms with Crippen LogP contribution in [-0.2, 0) is 9.53 Å². The van der Waals surface area contributed by atoms with E-state index in [1.54, 1.807) is 20.8 Å². The molecule has 2 fully saturated rings. The molecule has 1 aliphatic carbocycles. The first-order valence-electron chi connectivity index (χ1n) is 6.13. The molecule has 2 aliphatic rings. The van der Waals surface area contributed by atoms with Gasteiger partial charge in [0.15, 0.2) is 0 Å². The number of ether oxygens (including phenoxy) is 1. The molecule has 6 heteroatoms. The molecule has 1 saturated heterocycles. The van der Waals surface area contributed by atoms with E-state index in [1.807, 2.05) is 0 Å². The molecule has 18 heavy (non-hydrogen) atoms. The second kappa shape index (κ2) is 4.12. The fraction of sp³-hybridized carbons (Fsp3) is 0.833. The topological polar surface area (TPSA) is 87.1 Å². The van der Waals surface area contributed by atoms with Gasteiger partial charge in [0.2, 0.25) is 0 Å². The zero-order valence-corrected chi connectivity index (χ0v) is 10.8. The fourth-order valence-corrected chi connectivity index (χ4v) is 2.90. The molecule has 2 unspecified atom stereocenters. The Balaban J connectivity index is 2.17. The van der Waals surface area contributed by atoms with Crippen LogP contribution in [0.1, 0.15) is 33.6 Å². The molecule has 102 valence electrons. The zero-order chi connectivity index (χ0) is 13.7. The predicted molar refractivity (Wildman–Crippen MR) is 62.0 cm³/mol. The maximum atomic E-state index is 12.0. The summed E-state index contributed by atoms with van der Waals surface area (Å²) in [6.07, 6.45) is -0.255. The third-order valence-corrected chi connectivity index (χ3v) is 3.51. The number of hydrogen-bond acceptors (Lipinski definition) is 4. The van der Waals surface area contributed by atoms with Crippen molar-refractivity contribution in [2.75, 3.05) is 0 Å².